The molecule has 0 spiro atoms. The Kier molecular flexibility index (Phi) is 3.95. The first-order chi connectivity index (χ1) is 16.7. The first kappa shape index (κ1) is 16.6. The van der Waals surface area contributed by atoms with Gasteiger partial charge in [-0.3, -0.25) is 14.3 Å². The molecule has 3 aromatic rings. The van der Waals surface area contributed by atoms with Gasteiger partial charge in [0.05, 0.1) is 17.1 Å². The molecule has 11 nitrogen and oxygen atoms in total. The van der Waals surface area contributed by atoms with E-state index in [1.165, 1.54) is 19.3 Å². The number of hydrogen-bond donors (Lipinski definition) is 3. The number of pyridine rings is 1. The fourth-order valence-corrected chi connectivity index (χ4v) is 3.75. The van der Waals surface area contributed by atoms with Crippen LogP contribution in [-0.4, -0.2) is 50.9 Å². The Balaban J connectivity index is 1.55. The fraction of sp³-hybridized carbons (Fsp3) is 0.333. The van der Waals surface area contributed by atoms with Gasteiger partial charge in [-0.05, 0) is 18.9 Å². The molecule has 5 rings (SSSR count). The Morgan fingerprint density at radius 2 is 2.12 bits per heavy atom. The van der Waals surface area contributed by atoms with Crippen LogP contribution < -0.4 is 20.9 Å². The number of hydrogen-bond acceptors (Lipinski definition) is 8. The lowest BCUT2D eigenvalue weighted by molar-refractivity contribution is -0.117. The molecular weight excluding hydrogens is 410 g/mol. The van der Waals surface area contributed by atoms with Crippen molar-refractivity contribution in [1.29, 1.82) is 0 Å². The number of amides is 2. The molecule has 11 heteroatoms. The number of fused-ring (bicyclic) bond motifs is 3. The molecule has 0 radical (unpaired) electrons. The van der Waals surface area contributed by atoms with Gasteiger partial charge >= 0.3 is 0 Å². The van der Waals surface area contributed by atoms with E-state index in [1.54, 1.807) is 12.3 Å². The van der Waals surface area contributed by atoms with E-state index in [4.69, 9.17) is 4.11 Å². The molecule has 0 saturated heterocycles. The summed E-state index contributed by atoms with van der Waals surface area (Å²) >= 11 is 0. The highest BCUT2D eigenvalue weighted by Crippen LogP contribution is 2.42. The van der Waals surface area contributed by atoms with Gasteiger partial charge in [0.25, 0.3) is 5.91 Å². The largest absolute Gasteiger partial charge is 0.367 e. The van der Waals surface area contributed by atoms with Crippen LogP contribution in [0.2, 0.25) is 0 Å². The molecule has 32 heavy (non-hydrogen) atoms. The molecular formula is C21H23N9O2. The summed E-state index contributed by atoms with van der Waals surface area (Å²) in [6.07, 6.45) is 4.78. The van der Waals surface area contributed by atoms with E-state index in [-0.39, 0.29) is 23.3 Å². The van der Waals surface area contributed by atoms with E-state index in [9.17, 15) is 9.59 Å². The number of nitrogens with zero attached hydrogens (tertiary/aromatic N) is 6. The number of nitrogens with one attached hydrogen (secondary N) is 3. The van der Waals surface area contributed by atoms with Crippen LogP contribution in [0.5, 0.6) is 0 Å². The molecule has 4 heterocycles. The lowest BCUT2D eigenvalue weighted by atomic mass is 10.0. The van der Waals surface area contributed by atoms with Crippen molar-refractivity contribution >= 4 is 34.8 Å². The first-order valence-electron chi connectivity index (χ1n) is 11.6. The molecule has 164 valence electrons. The Morgan fingerprint density at radius 3 is 2.88 bits per heavy atom. The lowest BCUT2D eigenvalue weighted by Crippen LogP contribution is -2.24. The van der Waals surface area contributed by atoms with Crippen LogP contribution in [0.4, 0.5) is 23.0 Å². The van der Waals surface area contributed by atoms with E-state index in [2.05, 4.69) is 36.2 Å². The second-order valence-electron chi connectivity index (χ2n) is 7.82. The average Bonchev–Trinajstić information content (AvgIpc) is 3.57. The summed E-state index contributed by atoms with van der Waals surface area (Å²) in [5, 5.41) is 20.7. The highest BCUT2D eigenvalue weighted by Gasteiger charge is 2.30. The quantitative estimate of drug-likeness (QED) is 0.551. The van der Waals surface area contributed by atoms with Gasteiger partial charge in [-0.2, -0.15) is 5.10 Å². The van der Waals surface area contributed by atoms with Crippen molar-refractivity contribution in [2.75, 3.05) is 29.6 Å². The summed E-state index contributed by atoms with van der Waals surface area (Å²) < 4.78 is 24.0. The zero-order valence-electron chi connectivity index (χ0n) is 20.5. The molecule has 0 atom stereocenters. The van der Waals surface area contributed by atoms with Gasteiger partial charge in [-0.15, -0.1) is 10.2 Å². The fourth-order valence-electron chi connectivity index (χ4n) is 3.75. The third-order valence-corrected chi connectivity index (χ3v) is 5.45. The van der Waals surface area contributed by atoms with Crippen LogP contribution in [0.15, 0.2) is 24.5 Å². The zero-order chi connectivity index (χ0) is 24.9. The molecule has 0 unspecified atom stereocenters. The van der Waals surface area contributed by atoms with Gasteiger partial charge in [0.1, 0.15) is 0 Å². The third kappa shape index (κ3) is 3.51. The number of aromatic nitrogens is 5. The van der Waals surface area contributed by atoms with Crippen LogP contribution in [-0.2, 0) is 18.3 Å². The van der Waals surface area contributed by atoms with Crippen LogP contribution in [0, 0.1) is 5.92 Å². The zero-order valence-corrected chi connectivity index (χ0v) is 17.5. The van der Waals surface area contributed by atoms with Crippen molar-refractivity contribution in [2.45, 2.75) is 19.4 Å². The van der Waals surface area contributed by atoms with Crippen LogP contribution in [0.3, 0.4) is 0 Å². The molecule has 3 N–H and O–H groups in total. The molecule has 0 aromatic carbocycles. The summed E-state index contributed by atoms with van der Waals surface area (Å²) in [6.45, 7) is -1.98. The van der Waals surface area contributed by atoms with Gasteiger partial charge in [-0.1, -0.05) is 0 Å². The lowest BCUT2D eigenvalue weighted by Gasteiger charge is -2.28. The van der Waals surface area contributed by atoms with Crippen molar-refractivity contribution < 1.29 is 13.7 Å². The van der Waals surface area contributed by atoms with E-state index < -0.39 is 12.9 Å². The summed E-state index contributed by atoms with van der Waals surface area (Å²) in [6, 6.07) is 3.30. The summed E-state index contributed by atoms with van der Waals surface area (Å²) in [5.41, 5.74) is 3.03. The van der Waals surface area contributed by atoms with Gasteiger partial charge in [0.2, 0.25) is 5.91 Å². The second-order valence-corrected chi connectivity index (χ2v) is 7.82. The standard InChI is InChI=1S/C21H23N9O2/c1-22-21(32)17-14(8-15(26-27-17)25-20(31)11-4-5-11)24-19-18-13(6-7-23-19)16-12(9-29(18)2)10-30(3)28-16/h6-8,10-11H,4-5,9H2,1-3H3,(H,22,32)(H2,23,24,25,26,31)/i3D3. The Morgan fingerprint density at radius 1 is 1.28 bits per heavy atom. The van der Waals surface area contributed by atoms with Crippen LogP contribution >= 0.6 is 0 Å². The average molecular weight is 436 g/mol. The van der Waals surface area contributed by atoms with E-state index in [1.807, 2.05) is 11.9 Å². The normalized spacial score (nSPS) is 16.2. The van der Waals surface area contributed by atoms with Crippen LogP contribution in [0.25, 0.3) is 11.3 Å². The second kappa shape index (κ2) is 7.59. The Bertz CT molecular complexity index is 1330. The van der Waals surface area contributed by atoms with Gasteiger partial charge in [-0.25, -0.2) is 4.98 Å². The maximum Gasteiger partial charge on any atom is 0.273 e. The molecule has 1 fully saturated rings. The van der Waals surface area contributed by atoms with Gasteiger partial charge in [0.15, 0.2) is 17.3 Å². The SMILES string of the molecule is [2H]C([2H])([2H])n1cc2c(n1)-c1ccnc(Nc3cc(NC(=O)C4CC4)nnc3C(=O)NC)c1N(C)C2. The van der Waals surface area contributed by atoms with Gasteiger partial charge < -0.3 is 20.9 Å². The first-order valence-corrected chi connectivity index (χ1v) is 10.1. The molecule has 1 aliphatic carbocycles. The summed E-state index contributed by atoms with van der Waals surface area (Å²) in [4.78, 5) is 31.0. The Labute approximate surface area is 188 Å². The topological polar surface area (TPSA) is 130 Å². The van der Waals surface area contributed by atoms with E-state index in [0.717, 1.165) is 23.1 Å². The molecule has 2 amide bonds. The number of rotatable bonds is 5. The molecule has 1 saturated carbocycles. The minimum absolute atomic E-state index is 0.0211. The number of carbonyl (C=O) groups is 2. The summed E-state index contributed by atoms with van der Waals surface area (Å²) in [7, 11) is 3.34. The van der Waals surface area contributed by atoms with E-state index >= 15 is 0 Å². The monoisotopic (exact) mass is 436 g/mol. The smallest absolute Gasteiger partial charge is 0.273 e. The van der Waals surface area contributed by atoms with Crippen molar-refractivity contribution in [3.05, 3.63) is 35.8 Å². The van der Waals surface area contributed by atoms with Crippen molar-refractivity contribution in [3.8, 4) is 11.3 Å². The van der Waals surface area contributed by atoms with Crippen molar-refractivity contribution in [2.24, 2.45) is 12.9 Å². The maximum absolute atomic E-state index is 12.5. The molecule has 3 aromatic heterocycles. The number of anilines is 4. The van der Waals surface area contributed by atoms with Crippen molar-refractivity contribution in [1.82, 2.24) is 30.3 Å². The summed E-state index contributed by atoms with van der Waals surface area (Å²) in [5.74, 6) is 0.0139. The van der Waals surface area contributed by atoms with Crippen LogP contribution in [0.1, 0.15) is 33.0 Å². The highest BCUT2D eigenvalue weighted by molar-refractivity contribution is 6.00. The Hall–Kier alpha value is -4.02. The predicted octanol–water partition coefficient (Wildman–Crippen LogP) is 1.67. The molecule has 2 aliphatic rings. The highest BCUT2D eigenvalue weighted by atomic mass is 16.2. The third-order valence-electron chi connectivity index (χ3n) is 5.45. The van der Waals surface area contributed by atoms with E-state index in [0.29, 0.717) is 35.0 Å². The maximum atomic E-state index is 12.5. The molecule has 0 bridgehead atoms. The minimum Gasteiger partial charge on any atom is -0.367 e. The van der Waals surface area contributed by atoms with Gasteiger partial charge in [0, 0.05) is 67.2 Å². The molecule has 1 aliphatic heterocycles. The number of aryl methyl sites for hydroxylation is 1. The number of carbonyl (C=O) groups excluding carboxylic acids is 2. The minimum atomic E-state index is -2.39. The predicted molar refractivity (Wildman–Crippen MR) is 119 cm³/mol. The van der Waals surface area contributed by atoms with Crippen molar-refractivity contribution in [3.63, 3.8) is 0 Å².